The van der Waals surface area contributed by atoms with Gasteiger partial charge in [0.15, 0.2) is 11.5 Å². The molecule has 0 saturated heterocycles. The van der Waals surface area contributed by atoms with Crippen LogP contribution in [0, 0.1) is 0 Å². The fourth-order valence-electron chi connectivity index (χ4n) is 1.01. The van der Waals surface area contributed by atoms with E-state index in [9.17, 15) is 0 Å². The number of carboxylic acid groups (broad SMARTS) is 1. The third kappa shape index (κ3) is 4.35. The number of aryl methyl sites for hydroxylation is 1. The Hall–Kier alpha value is -1.71. The summed E-state index contributed by atoms with van der Waals surface area (Å²) in [6, 6.07) is 4.93. The van der Waals surface area contributed by atoms with Crippen molar-refractivity contribution in [3.05, 3.63) is 23.8 Å². The number of benzene rings is 1. The lowest BCUT2D eigenvalue weighted by Crippen LogP contribution is -1.81. The van der Waals surface area contributed by atoms with Gasteiger partial charge < -0.3 is 15.3 Å². The van der Waals surface area contributed by atoms with Gasteiger partial charge in [-0.1, -0.05) is 19.4 Å². The first kappa shape index (κ1) is 12.3. The van der Waals surface area contributed by atoms with Crippen LogP contribution in [0.4, 0.5) is 0 Å². The van der Waals surface area contributed by atoms with Crippen molar-refractivity contribution in [2.24, 2.45) is 0 Å². The van der Waals surface area contributed by atoms with Crippen LogP contribution in [0.15, 0.2) is 18.2 Å². The molecule has 0 spiro atoms. The Bertz CT molecular complexity index is 283. The van der Waals surface area contributed by atoms with Crippen molar-refractivity contribution < 1.29 is 20.1 Å². The van der Waals surface area contributed by atoms with E-state index in [1.54, 1.807) is 6.07 Å². The van der Waals surface area contributed by atoms with Crippen LogP contribution in [-0.2, 0) is 11.2 Å². The van der Waals surface area contributed by atoms with Crippen LogP contribution in [0.5, 0.6) is 11.5 Å². The summed E-state index contributed by atoms with van der Waals surface area (Å²) < 4.78 is 0. The van der Waals surface area contributed by atoms with Gasteiger partial charge >= 0.3 is 0 Å². The highest BCUT2D eigenvalue weighted by atomic mass is 16.3. The summed E-state index contributed by atoms with van der Waals surface area (Å²) in [5, 5.41) is 24.9. The van der Waals surface area contributed by atoms with Crippen molar-refractivity contribution in [2.45, 2.75) is 19.8 Å². The van der Waals surface area contributed by atoms with E-state index in [0.29, 0.717) is 0 Å². The second-order valence-corrected chi connectivity index (χ2v) is 2.68. The zero-order valence-electron chi connectivity index (χ0n) is 7.97. The first-order valence-electron chi connectivity index (χ1n) is 4.24. The molecule has 78 valence electrons. The highest BCUT2D eigenvalue weighted by molar-refractivity contribution is 5.40. The maximum atomic E-state index is 9.08. The molecule has 0 radical (unpaired) electrons. The molecule has 0 aliphatic heterocycles. The number of phenols is 2. The third-order valence-electron chi connectivity index (χ3n) is 1.58. The fourth-order valence-corrected chi connectivity index (χ4v) is 1.01. The first-order valence-corrected chi connectivity index (χ1v) is 4.24. The van der Waals surface area contributed by atoms with Gasteiger partial charge in [0.05, 0.1) is 0 Å². The highest BCUT2D eigenvalue weighted by Gasteiger charge is 1.98. The molecule has 0 amide bonds. The smallest absolute Gasteiger partial charge is 0.290 e. The Balaban J connectivity index is 0.000000500. The molecule has 0 unspecified atom stereocenters. The molecular formula is C10H14O4. The molecule has 0 heterocycles. The molecule has 0 aromatic heterocycles. The number of hydrogen-bond donors (Lipinski definition) is 3. The summed E-state index contributed by atoms with van der Waals surface area (Å²) >= 11 is 0. The molecule has 0 aliphatic rings. The molecule has 0 saturated carbocycles. The second kappa shape index (κ2) is 6.77. The second-order valence-electron chi connectivity index (χ2n) is 2.68. The van der Waals surface area contributed by atoms with Crippen LogP contribution in [0.2, 0.25) is 0 Å². The van der Waals surface area contributed by atoms with Crippen molar-refractivity contribution in [1.82, 2.24) is 0 Å². The number of aromatic hydroxyl groups is 2. The van der Waals surface area contributed by atoms with E-state index in [1.807, 2.05) is 6.07 Å². The molecule has 0 atom stereocenters. The molecule has 14 heavy (non-hydrogen) atoms. The minimum absolute atomic E-state index is 0.0315. The molecule has 1 rings (SSSR count). The van der Waals surface area contributed by atoms with Gasteiger partial charge in [-0.2, -0.15) is 0 Å². The monoisotopic (exact) mass is 198 g/mol. The lowest BCUT2D eigenvalue weighted by atomic mass is 10.1. The van der Waals surface area contributed by atoms with E-state index >= 15 is 0 Å². The predicted molar refractivity (Wildman–Crippen MR) is 52.5 cm³/mol. The molecule has 1 aromatic rings. The Labute approximate surface area is 82.4 Å². The van der Waals surface area contributed by atoms with E-state index in [1.165, 1.54) is 6.07 Å². The van der Waals surface area contributed by atoms with Crippen molar-refractivity contribution in [2.75, 3.05) is 0 Å². The van der Waals surface area contributed by atoms with Crippen molar-refractivity contribution in [1.29, 1.82) is 0 Å². The molecule has 0 aliphatic carbocycles. The average molecular weight is 198 g/mol. The molecule has 3 N–H and O–H groups in total. The SMILES string of the molecule is CCCc1ccc(O)c(O)c1.O=CO. The van der Waals surface area contributed by atoms with Gasteiger partial charge in [-0.15, -0.1) is 0 Å². The van der Waals surface area contributed by atoms with Crippen LogP contribution in [-0.4, -0.2) is 21.8 Å². The van der Waals surface area contributed by atoms with Crippen LogP contribution < -0.4 is 0 Å². The van der Waals surface area contributed by atoms with Crippen LogP contribution >= 0.6 is 0 Å². The number of rotatable bonds is 2. The minimum Gasteiger partial charge on any atom is -0.504 e. The van der Waals surface area contributed by atoms with Gasteiger partial charge in [0.1, 0.15) is 0 Å². The van der Waals surface area contributed by atoms with E-state index in [-0.39, 0.29) is 18.0 Å². The van der Waals surface area contributed by atoms with Crippen molar-refractivity contribution in [3.8, 4) is 11.5 Å². The van der Waals surface area contributed by atoms with Gasteiger partial charge in [0.2, 0.25) is 0 Å². The molecular weight excluding hydrogens is 184 g/mol. The van der Waals surface area contributed by atoms with Crippen LogP contribution in [0.1, 0.15) is 18.9 Å². The summed E-state index contributed by atoms with van der Waals surface area (Å²) in [4.78, 5) is 8.36. The Morgan fingerprint density at radius 1 is 1.29 bits per heavy atom. The summed E-state index contributed by atoms with van der Waals surface area (Å²) in [5.41, 5.74) is 1.06. The van der Waals surface area contributed by atoms with Crippen LogP contribution in [0.25, 0.3) is 0 Å². The Kier molecular flexibility index (Phi) is 5.94. The zero-order chi connectivity index (χ0) is 11.0. The summed E-state index contributed by atoms with van der Waals surface area (Å²) in [6.45, 7) is 1.82. The maximum Gasteiger partial charge on any atom is 0.290 e. The molecule has 4 heteroatoms. The van der Waals surface area contributed by atoms with E-state index in [0.717, 1.165) is 18.4 Å². The Morgan fingerprint density at radius 3 is 2.29 bits per heavy atom. The number of hydrogen-bond acceptors (Lipinski definition) is 3. The number of carbonyl (C=O) groups is 1. The molecule has 0 fully saturated rings. The van der Waals surface area contributed by atoms with Gasteiger partial charge in [0, 0.05) is 0 Å². The van der Waals surface area contributed by atoms with E-state index in [2.05, 4.69) is 6.92 Å². The average Bonchev–Trinajstić information content (AvgIpc) is 2.13. The van der Waals surface area contributed by atoms with E-state index in [4.69, 9.17) is 20.1 Å². The summed E-state index contributed by atoms with van der Waals surface area (Å²) in [6.07, 6.45) is 1.98. The molecule has 0 bridgehead atoms. The van der Waals surface area contributed by atoms with Gasteiger partial charge in [0.25, 0.3) is 6.47 Å². The molecule has 4 nitrogen and oxygen atoms in total. The largest absolute Gasteiger partial charge is 0.504 e. The standard InChI is InChI=1S/C9H12O2.CH2O2/c1-2-3-7-4-5-8(10)9(11)6-7;2-1-3/h4-6,10-11H,2-3H2,1H3;1H,(H,2,3). The maximum absolute atomic E-state index is 9.08. The zero-order valence-corrected chi connectivity index (χ0v) is 7.97. The topological polar surface area (TPSA) is 77.8 Å². The van der Waals surface area contributed by atoms with Gasteiger partial charge in [-0.05, 0) is 24.1 Å². The molecule has 1 aromatic carbocycles. The minimum atomic E-state index is -0.250. The third-order valence-corrected chi connectivity index (χ3v) is 1.58. The van der Waals surface area contributed by atoms with Crippen LogP contribution in [0.3, 0.4) is 0 Å². The van der Waals surface area contributed by atoms with Gasteiger partial charge in [-0.25, -0.2) is 0 Å². The first-order chi connectivity index (χ1) is 6.65. The summed E-state index contributed by atoms with van der Waals surface area (Å²) in [7, 11) is 0. The quantitative estimate of drug-likeness (QED) is 0.499. The Morgan fingerprint density at radius 2 is 1.86 bits per heavy atom. The highest BCUT2D eigenvalue weighted by Crippen LogP contribution is 2.25. The van der Waals surface area contributed by atoms with Crippen molar-refractivity contribution >= 4 is 6.47 Å². The number of phenolic OH excluding ortho intramolecular Hbond substituents is 2. The predicted octanol–water partition coefficient (Wildman–Crippen LogP) is 1.75. The van der Waals surface area contributed by atoms with Gasteiger partial charge in [-0.3, -0.25) is 4.79 Å². The lowest BCUT2D eigenvalue weighted by molar-refractivity contribution is -0.122. The normalized spacial score (nSPS) is 8.64. The van der Waals surface area contributed by atoms with E-state index < -0.39 is 0 Å². The lowest BCUT2D eigenvalue weighted by Gasteiger charge is -2.00. The van der Waals surface area contributed by atoms with Crippen molar-refractivity contribution in [3.63, 3.8) is 0 Å². The fraction of sp³-hybridized carbons (Fsp3) is 0.300. The summed E-state index contributed by atoms with van der Waals surface area (Å²) in [5.74, 6) is -0.0826.